The van der Waals surface area contributed by atoms with Gasteiger partial charge in [-0.25, -0.2) is 21.6 Å². The minimum atomic E-state index is -4.02. The molecule has 0 spiro atoms. The van der Waals surface area contributed by atoms with E-state index in [1.54, 1.807) is 26.8 Å². The van der Waals surface area contributed by atoms with Crippen molar-refractivity contribution in [3.8, 4) is 6.07 Å². The number of nitrogens with zero attached hydrogens (tertiary/aromatic N) is 2. The first-order valence-electron chi connectivity index (χ1n) is 9.26. The largest absolute Gasteiger partial charge is 0.483 e. The summed E-state index contributed by atoms with van der Waals surface area (Å²) in [4.78, 5) is 21.6. The molecule has 10 nitrogen and oxygen atoms in total. The molecule has 2 aromatic rings. The molecule has 178 valence electrons. The summed E-state index contributed by atoms with van der Waals surface area (Å²) in [7, 11) is -7.92. The zero-order chi connectivity index (χ0) is 25.4. The molecule has 12 heteroatoms. The minimum Gasteiger partial charge on any atom is -0.483 e. The Morgan fingerprint density at radius 2 is 1.67 bits per heavy atom. The van der Waals surface area contributed by atoms with Crippen molar-refractivity contribution in [1.82, 2.24) is 0 Å². The first-order valence-corrected chi connectivity index (χ1v) is 12.8. The lowest BCUT2D eigenvalue weighted by Crippen LogP contribution is -2.40. The summed E-state index contributed by atoms with van der Waals surface area (Å²) < 4.78 is 55.8. The van der Waals surface area contributed by atoms with Crippen LogP contribution in [-0.4, -0.2) is 52.2 Å². The molecule has 0 fully saturated rings. The van der Waals surface area contributed by atoms with Gasteiger partial charge in [-0.15, -0.1) is 0 Å². The summed E-state index contributed by atoms with van der Waals surface area (Å²) in [6, 6.07) is 12.9. The highest BCUT2D eigenvalue weighted by molar-refractivity contribution is 7.91. The molecule has 2 aromatic carbocycles. The monoisotopic (exact) mass is 496 g/mol. The van der Waals surface area contributed by atoms with E-state index in [9.17, 15) is 21.6 Å². The second kappa shape index (κ2) is 10.9. The van der Waals surface area contributed by atoms with E-state index in [4.69, 9.17) is 19.9 Å². The van der Waals surface area contributed by atoms with Crippen molar-refractivity contribution in [3.05, 3.63) is 54.1 Å². The summed E-state index contributed by atoms with van der Waals surface area (Å²) in [6.45, 7) is 4.56. The van der Waals surface area contributed by atoms with Crippen LogP contribution in [0, 0.1) is 11.3 Å². The molecule has 1 amide bonds. The van der Waals surface area contributed by atoms with Crippen LogP contribution in [0.1, 0.15) is 26.3 Å². The van der Waals surface area contributed by atoms with E-state index in [-0.39, 0.29) is 27.5 Å². The molecule has 0 bridgehead atoms. The van der Waals surface area contributed by atoms with Gasteiger partial charge in [-0.05, 0) is 51.1 Å². The normalized spacial score (nSPS) is 11.4. The highest BCUT2D eigenvalue weighted by Gasteiger charge is 2.32. The zero-order valence-electron chi connectivity index (χ0n) is 18.4. The molecular formula is C21H24N2O8S2. The molecule has 0 aliphatic carbocycles. The fourth-order valence-corrected chi connectivity index (χ4v) is 4.72. The van der Waals surface area contributed by atoms with Gasteiger partial charge in [0.2, 0.25) is 0 Å². The lowest BCUT2D eigenvalue weighted by molar-refractivity contribution is -0.122. The van der Waals surface area contributed by atoms with Gasteiger partial charge < -0.3 is 9.84 Å². The second-order valence-corrected chi connectivity index (χ2v) is 11.6. The minimum absolute atomic E-state index is 0.0342. The number of hydrogen-bond acceptors (Lipinski definition) is 8. The van der Waals surface area contributed by atoms with Crippen LogP contribution in [0.4, 0.5) is 10.5 Å². The highest BCUT2D eigenvalue weighted by atomic mass is 32.2. The van der Waals surface area contributed by atoms with Gasteiger partial charge in [0, 0.05) is 6.26 Å². The quantitative estimate of drug-likeness (QED) is 0.614. The number of carbonyl (C=O) groups is 2. The Bertz CT molecular complexity index is 1240. The number of carboxylic acid groups (broad SMARTS) is 1. The third kappa shape index (κ3) is 8.21. The van der Waals surface area contributed by atoms with Crippen LogP contribution in [0.3, 0.4) is 0 Å². The van der Waals surface area contributed by atoms with Gasteiger partial charge in [0.1, 0.15) is 11.5 Å². The van der Waals surface area contributed by atoms with E-state index in [1.165, 1.54) is 36.4 Å². The van der Waals surface area contributed by atoms with Crippen molar-refractivity contribution >= 4 is 37.9 Å². The molecule has 0 aromatic heterocycles. The van der Waals surface area contributed by atoms with Crippen molar-refractivity contribution in [2.45, 2.75) is 36.2 Å². The van der Waals surface area contributed by atoms with E-state index in [2.05, 4.69) is 0 Å². The predicted octanol–water partition coefficient (Wildman–Crippen LogP) is 2.84. The van der Waals surface area contributed by atoms with E-state index >= 15 is 0 Å². The number of anilines is 1. The first kappa shape index (κ1) is 27.6. The third-order valence-electron chi connectivity index (χ3n) is 3.79. The Kier molecular flexibility index (Phi) is 9.14. The van der Waals surface area contributed by atoms with Crippen LogP contribution >= 0.6 is 0 Å². The predicted molar refractivity (Wildman–Crippen MR) is 120 cm³/mol. The van der Waals surface area contributed by atoms with E-state index < -0.39 is 37.2 Å². The molecule has 0 saturated heterocycles. The van der Waals surface area contributed by atoms with Gasteiger partial charge in [0.05, 0.1) is 27.1 Å². The number of ether oxygens (including phenoxy) is 1. The van der Waals surface area contributed by atoms with Gasteiger partial charge in [-0.3, -0.25) is 9.69 Å². The topological polar surface area (TPSA) is 159 Å². The zero-order valence-corrected chi connectivity index (χ0v) is 20.1. The maximum absolute atomic E-state index is 12.9. The number of amides is 1. The van der Waals surface area contributed by atoms with Crippen LogP contribution in [-0.2, 0) is 29.2 Å². The fourth-order valence-electron chi connectivity index (χ4n) is 2.51. The van der Waals surface area contributed by atoms with E-state index in [1.807, 2.05) is 6.07 Å². The third-order valence-corrected chi connectivity index (χ3v) is 6.51. The Balaban J connectivity index is 0.00000172. The fraction of sp³-hybridized carbons (Fsp3) is 0.286. The Labute approximate surface area is 192 Å². The number of carbonyl (C=O) groups excluding carboxylic acids is 1. The van der Waals surface area contributed by atoms with Gasteiger partial charge in [-0.1, -0.05) is 18.2 Å². The van der Waals surface area contributed by atoms with Crippen LogP contribution in [0.5, 0.6) is 0 Å². The van der Waals surface area contributed by atoms with Gasteiger partial charge in [0.25, 0.3) is 6.47 Å². The molecule has 0 saturated carbocycles. The molecule has 0 atom stereocenters. The summed E-state index contributed by atoms with van der Waals surface area (Å²) in [6.07, 6.45) is -0.122. The van der Waals surface area contributed by atoms with Gasteiger partial charge in [-0.2, -0.15) is 5.26 Å². The van der Waals surface area contributed by atoms with Crippen LogP contribution in [0.15, 0.2) is 58.3 Å². The van der Waals surface area contributed by atoms with Crippen molar-refractivity contribution in [1.29, 1.82) is 5.26 Å². The number of benzene rings is 2. The summed E-state index contributed by atoms with van der Waals surface area (Å²) in [5.41, 5.74) is -1.09. The van der Waals surface area contributed by atoms with Gasteiger partial charge >= 0.3 is 6.09 Å². The van der Waals surface area contributed by atoms with E-state index in [0.717, 1.165) is 17.2 Å². The molecule has 33 heavy (non-hydrogen) atoms. The van der Waals surface area contributed by atoms with Crippen molar-refractivity contribution in [2.75, 3.05) is 17.0 Å². The molecule has 0 radical (unpaired) electrons. The maximum Gasteiger partial charge on any atom is 0.415 e. The molecular weight excluding hydrogens is 472 g/mol. The molecule has 0 aliphatic heterocycles. The van der Waals surface area contributed by atoms with Crippen molar-refractivity contribution < 1.29 is 36.3 Å². The first-order chi connectivity index (χ1) is 15.2. The lowest BCUT2D eigenvalue weighted by Gasteiger charge is -2.28. The summed E-state index contributed by atoms with van der Waals surface area (Å²) in [5, 5.41) is 16.0. The Hall–Kier alpha value is -3.43. The number of hydrogen-bond donors (Lipinski definition) is 1. The highest BCUT2D eigenvalue weighted by Crippen LogP contribution is 2.29. The van der Waals surface area contributed by atoms with Gasteiger partial charge in [0.15, 0.2) is 19.7 Å². The van der Waals surface area contributed by atoms with Crippen molar-refractivity contribution in [2.24, 2.45) is 0 Å². The SMILES string of the molecule is CC(C)(C)OC(=O)N(CS(=O)(=O)c1ccccc1)c1ccc(C#N)cc1S(C)(=O)=O.O=CO. The molecule has 0 heterocycles. The average molecular weight is 497 g/mol. The lowest BCUT2D eigenvalue weighted by atomic mass is 10.2. The average Bonchev–Trinajstić information content (AvgIpc) is 2.71. The van der Waals surface area contributed by atoms with E-state index in [0.29, 0.717) is 0 Å². The molecule has 0 unspecified atom stereocenters. The standard InChI is InChI=1S/C20H22N2O6S2.CH2O2/c1-20(2,3)28-19(23)22(14-30(26,27)16-8-6-5-7-9-16)17-11-10-15(13-21)12-18(17)29(4,24)25;2-1-3/h5-12H,14H2,1-4H3;1H,(H,2,3). The smallest absolute Gasteiger partial charge is 0.415 e. The Morgan fingerprint density at radius 3 is 2.12 bits per heavy atom. The summed E-state index contributed by atoms with van der Waals surface area (Å²) in [5.74, 6) is -0.847. The van der Waals surface area contributed by atoms with Crippen molar-refractivity contribution in [3.63, 3.8) is 0 Å². The van der Waals surface area contributed by atoms with Crippen LogP contribution in [0.2, 0.25) is 0 Å². The molecule has 0 aliphatic rings. The van der Waals surface area contributed by atoms with Crippen LogP contribution < -0.4 is 4.90 Å². The second-order valence-electron chi connectivity index (χ2n) is 7.64. The number of nitriles is 1. The molecule has 2 rings (SSSR count). The Morgan fingerprint density at radius 1 is 1.12 bits per heavy atom. The molecule has 1 N–H and O–H groups in total. The number of sulfone groups is 2. The summed E-state index contributed by atoms with van der Waals surface area (Å²) >= 11 is 0. The maximum atomic E-state index is 12.9. The number of rotatable bonds is 5. The van der Waals surface area contributed by atoms with Crippen LogP contribution in [0.25, 0.3) is 0 Å².